The summed E-state index contributed by atoms with van der Waals surface area (Å²) < 4.78 is 5.45. The summed E-state index contributed by atoms with van der Waals surface area (Å²) in [5.74, 6) is -0.00996. The molecule has 0 spiro atoms. The van der Waals surface area contributed by atoms with Crippen molar-refractivity contribution in [3.05, 3.63) is 18.0 Å². The van der Waals surface area contributed by atoms with Crippen molar-refractivity contribution in [2.75, 3.05) is 33.8 Å². The van der Waals surface area contributed by atoms with Crippen LogP contribution in [0.15, 0.2) is 12.4 Å². The number of carbonyl (C=O) groups excluding carboxylic acids is 2. The number of nitrogens with one attached hydrogen (secondary N) is 1. The first-order valence-electron chi connectivity index (χ1n) is 7.16. The standard InChI is InChI=1S/C14H22N4O3/c1-17(2)14(20)12-10-18(6-7-21-12)13(19)5-3-4-11-8-15-16-9-11/h8-9,12H,3-7,10H2,1-2H3,(H,15,16)/t12-/m1/s1. The monoisotopic (exact) mass is 294 g/mol. The number of aromatic nitrogens is 2. The SMILES string of the molecule is CN(C)C(=O)[C@H]1CN(C(=O)CCCc2cn[nH]c2)CCO1. The number of morpholine rings is 1. The van der Waals surface area contributed by atoms with E-state index in [4.69, 9.17) is 4.74 Å². The van der Waals surface area contributed by atoms with E-state index >= 15 is 0 Å². The first kappa shape index (κ1) is 15.5. The lowest BCUT2D eigenvalue weighted by Gasteiger charge is -2.33. The maximum Gasteiger partial charge on any atom is 0.253 e. The number of hydrogen-bond acceptors (Lipinski definition) is 4. The van der Waals surface area contributed by atoms with Gasteiger partial charge in [0.1, 0.15) is 0 Å². The number of ether oxygens (including phenoxy) is 1. The van der Waals surface area contributed by atoms with E-state index < -0.39 is 6.10 Å². The van der Waals surface area contributed by atoms with Gasteiger partial charge in [0.2, 0.25) is 5.91 Å². The molecule has 21 heavy (non-hydrogen) atoms. The molecule has 0 saturated carbocycles. The lowest BCUT2D eigenvalue weighted by molar-refractivity contribution is -0.152. The highest BCUT2D eigenvalue weighted by molar-refractivity contribution is 5.82. The molecule has 0 aromatic carbocycles. The van der Waals surface area contributed by atoms with Gasteiger partial charge in [-0.25, -0.2) is 0 Å². The Morgan fingerprint density at radius 1 is 1.52 bits per heavy atom. The molecule has 1 aromatic rings. The third-order valence-corrected chi connectivity index (χ3v) is 3.55. The zero-order chi connectivity index (χ0) is 15.2. The van der Waals surface area contributed by atoms with Crippen LogP contribution in [-0.4, -0.2) is 71.7 Å². The fourth-order valence-electron chi connectivity index (χ4n) is 2.33. The zero-order valence-electron chi connectivity index (χ0n) is 12.5. The van der Waals surface area contributed by atoms with E-state index in [1.807, 2.05) is 6.20 Å². The zero-order valence-corrected chi connectivity index (χ0v) is 12.5. The van der Waals surface area contributed by atoms with Gasteiger partial charge in [0.25, 0.3) is 5.91 Å². The van der Waals surface area contributed by atoms with Crippen LogP contribution in [0.2, 0.25) is 0 Å². The van der Waals surface area contributed by atoms with Crippen LogP contribution in [0.5, 0.6) is 0 Å². The normalized spacial score (nSPS) is 18.6. The number of hydrogen-bond donors (Lipinski definition) is 1. The van der Waals surface area contributed by atoms with Gasteiger partial charge in [-0.1, -0.05) is 0 Å². The van der Waals surface area contributed by atoms with Gasteiger partial charge in [0, 0.05) is 33.3 Å². The second-order valence-corrected chi connectivity index (χ2v) is 5.39. The average molecular weight is 294 g/mol. The van der Waals surface area contributed by atoms with Gasteiger partial charge in [-0.05, 0) is 18.4 Å². The number of amides is 2. The Kier molecular flexibility index (Phi) is 5.32. The maximum absolute atomic E-state index is 12.2. The minimum atomic E-state index is -0.536. The largest absolute Gasteiger partial charge is 0.365 e. The summed E-state index contributed by atoms with van der Waals surface area (Å²) in [5.41, 5.74) is 1.10. The molecule has 1 saturated heterocycles. The molecule has 1 atom stereocenters. The van der Waals surface area contributed by atoms with Crippen LogP contribution in [-0.2, 0) is 20.7 Å². The average Bonchev–Trinajstić information content (AvgIpc) is 2.99. The highest BCUT2D eigenvalue weighted by Gasteiger charge is 2.29. The molecule has 2 amide bonds. The van der Waals surface area contributed by atoms with Crippen molar-refractivity contribution < 1.29 is 14.3 Å². The minimum Gasteiger partial charge on any atom is -0.365 e. The fraction of sp³-hybridized carbons (Fsp3) is 0.643. The Bertz CT molecular complexity index is 473. The third kappa shape index (κ3) is 4.29. The van der Waals surface area contributed by atoms with Crippen molar-refractivity contribution in [1.29, 1.82) is 0 Å². The number of H-pyrrole nitrogens is 1. The molecule has 1 N–H and O–H groups in total. The highest BCUT2D eigenvalue weighted by Crippen LogP contribution is 2.11. The van der Waals surface area contributed by atoms with Gasteiger partial charge < -0.3 is 14.5 Å². The molecular weight excluding hydrogens is 272 g/mol. The van der Waals surface area contributed by atoms with Gasteiger partial charge in [0.05, 0.1) is 19.3 Å². The molecule has 0 aliphatic carbocycles. The number of rotatable bonds is 5. The number of likely N-dealkylation sites (N-methyl/N-ethyl adjacent to an activating group) is 1. The smallest absolute Gasteiger partial charge is 0.253 e. The van der Waals surface area contributed by atoms with Crippen molar-refractivity contribution >= 4 is 11.8 Å². The topological polar surface area (TPSA) is 78.5 Å². The third-order valence-electron chi connectivity index (χ3n) is 3.55. The van der Waals surface area contributed by atoms with Crippen molar-refractivity contribution in [3.63, 3.8) is 0 Å². The molecule has 2 heterocycles. The Labute approximate surface area is 124 Å². The van der Waals surface area contributed by atoms with Crippen LogP contribution in [0.25, 0.3) is 0 Å². The molecule has 1 aliphatic rings. The summed E-state index contributed by atoms with van der Waals surface area (Å²) in [6.07, 6.45) is 5.16. The van der Waals surface area contributed by atoms with E-state index in [2.05, 4.69) is 10.2 Å². The molecule has 7 heteroatoms. The van der Waals surface area contributed by atoms with Crippen LogP contribution in [0.3, 0.4) is 0 Å². The van der Waals surface area contributed by atoms with E-state index in [0.29, 0.717) is 26.1 Å². The molecule has 1 aromatic heterocycles. The van der Waals surface area contributed by atoms with Crippen LogP contribution in [0, 0.1) is 0 Å². The number of aryl methyl sites for hydroxylation is 1. The summed E-state index contributed by atoms with van der Waals surface area (Å²) >= 11 is 0. The Hall–Kier alpha value is -1.89. The first-order chi connectivity index (χ1) is 10.1. The second kappa shape index (κ2) is 7.21. The lowest BCUT2D eigenvalue weighted by Crippen LogP contribution is -2.51. The lowest BCUT2D eigenvalue weighted by atomic mass is 10.1. The van der Waals surface area contributed by atoms with Crippen molar-refractivity contribution in [1.82, 2.24) is 20.0 Å². The van der Waals surface area contributed by atoms with Gasteiger partial charge in [0.15, 0.2) is 6.10 Å². The molecule has 1 fully saturated rings. The molecule has 0 unspecified atom stereocenters. The van der Waals surface area contributed by atoms with Crippen molar-refractivity contribution in [3.8, 4) is 0 Å². The number of nitrogens with zero attached hydrogens (tertiary/aromatic N) is 3. The van der Waals surface area contributed by atoms with Crippen LogP contribution >= 0.6 is 0 Å². The first-order valence-corrected chi connectivity index (χ1v) is 7.16. The summed E-state index contributed by atoms with van der Waals surface area (Å²) in [6.45, 7) is 1.32. The fourth-order valence-corrected chi connectivity index (χ4v) is 2.33. The van der Waals surface area contributed by atoms with Gasteiger partial charge in [-0.3, -0.25) is 14.7 Å². The van der Waals surface area contributed by atoms with E-state index in [-0.39, 0.29) is 11.8 Å². The number of carbonyl (C=O) groups is 2. The van der Waals surface area contributed by atoms with Crippen LogP contribution < -0.4 is 0 Å². The Balaban J connectivity index is 1.77. The molecule has 116 valence electrons. The predicted octanol–water partition coefficient (Wildman–Crippen LogP) is 0.0480. The molecule has 0 radical (unpaired) electrons. The second-order valence-electron chi connectivity index (χ2n) is 5.39. The molecule has 1 aliphatic heterocycles. The summed E-state index contributed by atoms with van der Waals surface area (Å²) in [5, 5.41) is 6.63. The van der Waals surface area contributed by atoms with E-state index in [9.17, 15) is 9.59 Å². The Morgan fingerprint density at radius 3 is 3.00 bits per heavy atom. The van der Waals surface area contributed by atoms with Crippen molar-refractivity contribution in [2.24, 2.45) is 0 Å². The highest BCUT2D eigenvalue weighted by atomic mass is 16.5. The summed E-state index contributed by atoms with van der Waals surface area (Å²) in [6, 6.07) is 0. The van der Waals surface area contributed by atoms with E-state index in [1.165, 1.54) is 4.90 Å². The van der Waals surface area contributed by atoms with E-state index in [0.717, 1.165) is 18.4 Å². The summed E-state index contributed by atoms with van der Waals surface area (Å²) in [4.78, 5) is 27.3. The Morgan fingerprint density at radius 2 is 2.33 bits per heavy atom. The number of aromatic amines is 1. The molecule has 0 bridgehead atoms. The maximum atomic E-state index is 12.2. The van der Waals surface area contributed by atoms with Crippen LogP contribution in [0.4, 0.5) is 0 Å². The van der Waals surface area contributed by atoms with Gasteiger partial charge in [-0.15, -0.1) is 0 Å². The van der Waals surface area contributed by atoms with Crippen molar-refractivity contribution in [2.45, 2.75) is 25.4 Å². The van der Waals surface area contributed by atoms with Gasteiger partial charge in [-0.2, -0.15) is 5.10 Å². The van der Waals surface area contributed by atoms with E-state index in [1.54, 1.807) is 25.2 Å². The van der Waals surface area contributed by atoms with Crippen LogP contribution in [0.1, 0.15) is 18.4 Å². The quantitative estimate of drug-likeness (QED) is 0.832. The summed E-state index contributed by atoms with van der Waals surface area (Å²) in [7, 11) is 3.38. The molecule has 2 rings (SSSR count). The predicted molar refractivity (Wildman–Crippen MR) is 76.5 cm³/mol. The molecular formula is C14H22N4O3. The molecule has 7 nitrogen and oxygen atoms in total. The van der Waals surface area contributed by atoms with Gasteiger partial charge >= 0.3 is 0 Å². The minimum absolute atomic E-state index is 0.0818.